The van der Waals surface area contributed by atoms with Crippen molar-refractivity contribution in [3.8, 4) is 5.75 Å². The molecule has 0 saturated heterocycles. The number of imidazole rings is 1. The monoisotopic (exact) mass is 301 g/mol. The number of hydrogen-bond acceptors (Lipinski definition) is 5. The molecule has 0 aromatic carbocycles. The maximum atomic E-state index is 12.3. The molecule has 0 fully saturated rings. The van der Waals surface area contributed by atoms with Crippen LogP contribution in [0.5, 0.6) is 5.75 Å². The van der Waals surface area contributed by atoms with Gasteiger partial charge >= 0.3 is 0 Å². The second kappa shape index (κ2) is 5.32. The molecule has 0 unspecified atom stereocenters. The number of anilines is 2. The van der Waals surface area contributed by atoms with Gasteiger partial charge < -0.3 is 19.5 Å². The number of nitrogens with one attached hydrogen (secondary N) is 1. The first-order valence-corrected chi connectivity index (χ1v) is 7.18. The molecule has 2 aromatic rings. The van der Waals surface area contributed by atoms with E-state index in [0.29, 0.717) is 23.9 Å². The average molecular weight is 301 g/mol. The maximum absolute atomic E-state index is 12.3. The van der Waals surface area contributed by atoms with Crippen molar-refractivity contribution in [1.29, 1.82) is 0 Å². The molecule has 116 valence electrons. The molecule has 1 amide bonds. The number of aryl methyl sites for hydroxylation is 2. The predicted octanol–water partition coefficient (Wildman–Crippen LogP) is 1.87. The fraction of sp³-hybridized carbons (Fsp3) is 0.400. The van der Waals surface area contributed by atoms with Crippen molar-refractivity contribution in [1.82, 2.24) is 19.9 Å². The Hall–Kier alpha value is -2.57. The molecule has 3 heterocycles. The van der Waals surface area contributed by atoms with Gasteiger partial charge in [-0.1, -0.05) is 6.92 Å². The zero-order valence-corrected chi connectivity index (χ0v) is 13.2. The SMILES string of the molecule is CCc1nc2c([nH]1)C(=O)N(C)CN2c1c(OC)ccnc1C. The standard InChI is InChI=1S/C15H19N5O2/c1-5-11-17-12-14(18-11)20(8-19(3)15(12)21)13-9(2)16-7-6-10(13)22-4/h6-7H,5,8H2,1-4H3,(H,17,18). The van der Waals surface area contributed by atoms with Crippen molar-refractivity contribution in [3.05, 3.63) is 29.5 Å². The lowest BCUT2D eigenvalue weighted by atomic mass is 10.2. The van der Waals surface area contributed by atoms with Gasteiger partial charge in [0.2, 0.25) is 0 Å². The van der Waals surface area contributed by atoms with Gasteiger partial charge in [0.15, 0.2) is 5.82 Å². The first-order chi connectivity index (χ1) is 10.6. The third kappa shape index (κ3) is 2.09. The second-order valence-electron chi connectivity index (χ2n) is 5.26. The molecule has 0 saturated carbocycles. The summed E-state index contributed by atoms with van der Waals surface area (Å²) in [6, 6.07) is 1.81. The van der Waals surface area contributed by atoms with Gasteiger partial charge in [-0.15, -0.1) is 0 Å². The summed E-state index contributed by atoms with van der Waals surface area (Å²) < 4.78 is 5.47. The highest BCUT2D eigenvalue weighted by Crippen LogP contribution is 2.38. The largest absolute Gasteiger partial charge is 0.494 e. The Balaban J connectivity index is 2.19. The van der Waals surface area contributed by atoms with Gasteiger partial charge in [0.25, 0.3) is 5.91 Å². The number of fused-ring (bicyclic) bond motifs is 1. The first-order valence-electron chi connectivity index (χ1n) is 7.18. The lowest BCUT2D eigenvalue weighted by Crippen LogP contribution is -2.42. The van der Waals surface area contributed by atoms with Gasteiger partial charge in [0.1, 0.15) is 23.0 Å². The van der Waals surface area contributed by atoms with Crippen LogP contribution in [0.15, 0.2) is 12.3 Å². The van der Waals surface area contributed by atoms with Gasteiger partial charge in [0.05, 0.1) is 19.5 Å². The van der Waals surface area contributed by atoms with Crippen LogP contribution in [-0.4, -0.2) is 46.6 Å². The Labute approximate surface area is 128 Å². The number of H-pyrrole nitrogens is 1. The Morgan fingerprint density at radius 3 is 2.91 bits per heavy atom. The minimum atomic E-state index is -0.0565. The van der Waals surface area contributed by atoms with E-state index in [4.69, 9.17) is 4.74 Å². The molecule has 0 radical (unpaired) electrons. The van der Waals surface area contributed by atoms with Crippen LogP contribution in [0.4, 0.5) is 11.5 Å². The smallest absolute Gasteiger partial charge is 0.275 e. The van der Waals surface area contributed by atoms with E-state index in [9.17, 15) is 4.79 Å². The number of ether oxygens (including phenoxy) is 1. The van der Waals surface area contributed by atoms with E-state index in [1.54, 1.807) is 25.3 Å². The third-order valence-electron chi connectivity index (χ3n) is 3.80. The Kier molecular flexibility index (Phi) is 3.48. The van der Waals surface area contributed by atoms with Crippen LogP contribution in [-0.2, 0) is 6.42 Å². The highest BCUT2D eigenvalue weighted by Gasteiger charge is 2.33. The van der Waals surface area contributed by atoms with E-state index in [1.807, 2.05) is 24.8 Å². The fourth-order valence-corrected chi connectivity index (χ4v) is 2.66. The number of aromatic nitrogens is 3. The first kappa shape index (κ1) is 14.4. The molecule has 1 N–H and O–H groups in total. The number of methoxy groups -OCH3 is 1. The van der Waals surface area contributed by atoms with Crippen molar-refractivity contribution in [3.63, 3.8) is 0 Å². The van der Waals surface area contributed by atoms with Gasteiger partial charge in [-0.2, -0.15) is 0 Å². The molecule has 0 atom stereocenters. The number of pyridine rings is 1. The van der Waals surface area contributed by atoms with Crippen LogP contribution in [0.1, 0.15) is 28.9 Å². The summed E-state index contributed by atoms with van der Waals surface area (Å²) in [6.07, 6.45) is 2.44. The number of carbonyl (C=O) groups is 1. The van der Waals surface area contributed by atoms with Crippen LogP contribution < -0.4 is 9.64 Å². The summed E-state index contributed by atoms with van der Waals surface area (Å²) in [5.74, 6) is 2.08. The minimum absolute atomic E-state index is 0.0565. The summed E-state index contributed by atoms with van der Waals surface area (Å²) in [5.41, 5.74) is 2.17. The lowest BCUT2D eigenvalue weighted by Gasteiger charge is -2.34. The molecule has 1 aliphatic rings. The summed E-state index contributed by atoms with van der Waals surface area (Å²) in [7, 11) is 3.39. The lowest BCUT2D eigenvalue weighted by molar-refractivity contribution is 0.0781. The highest BCUT2D eigenvalue weighted by molar-refractivity contribution is 6.00. The zero-order chi connectivity index (χ0) is 15.9. The van der Waals surface area contributed by atoms with Crippen LogP contribution >= 0.6 is 0 Å². The molecule has 0 spiro atoms. The molecular weight excluding hydrogens is 282 g/mol. The van der Waals surface area contributed by atoms with E-state index in [0.717, 1.165) is 23.6 Å². The average Bonchev–Trinajstić information content (AvgIpc) is 2.95. The summed E-state index contributed by atoms with van der Waals surface area (Å²) in [5, 5.41) is 0. The molecule has 2 aromatic heterocycles. The van der Waals surface area contributed by atoms with Crippen molar-refractivity contribution >= 4 is 17.4 Å². The van der Waals surface area contributed by atoms with Crippen LogP contribution in [0, 0.1) is 6.92 Å². The van der Waals surface area contributed by atoms with E-state index < -0.39 is 0 Å². The Morgan fingerprint density at radius 1 is 1.45 bits per heavy atom. The molecule has 22 heavy (non-hydrogen) atoms. The van der Waals surface area contributed by atoms with Crippen molar-refractivity contribution in [2.45, 2.75) is 20.3 Å². The Bertz CT molecular complexity index is 725. The van der Waals surface area contributed by atoms with Crippen molar-refractivity contribution in [2.75, 3.05) is 25.7 Å². The molecule has 1 aliphatic heterocycles. The maximum Gasteiger partial charge on any atom is 0.275 e. The number of amides is 1. The van der Waals surface area contributed by atoms with Crippen molar-refractivity contribution in [2.24, 2.45) is 0 Å². The van der Waals surface area contributed by atoms with E-state index in [1.165, 1.54) is 0 Å². The topological polar surface area (TPSA) is 74.4 Å². The summed E-state index contributed by atoms with van der Waals surface area (Å²) in [6.45, 7) is 4.32. The van der Waals surface area contributed by atoms with Crippen LogP contribution in [0.2, 0.25) is 0 Å². The molecule has 0 aliphatic carbocycles. The molecule has 3 rings (SSSR count). The molecule has 7 nitrogen and oxygen atoms in total. The highest BCUT2D eigenvalue weighted by atomic mass is 16.5. The summed E-state index contributed by atoms with van der Waals surface area (Å²) in [4.78, 5) is 28.0. The van der Waals surface area contributed by atoms with Gasteiger partial charge in [0, 0.05) is 25.7 Å². The number of hydrogen-bond donors (Lipinski definition) is 1. The fourth-order valence-electron chi connectivity index (χ4n) is 2.66. The summed E-state index contributed by atoms with van der Waals surface area (Å²) >= 11 is 0. The van der Waals surface area contributed by atoms with E-state index in [2.05, 4.69) is 15.0 Å². The normalized spacial score (nSPS) is 14.3. The van der Waals surface area contributed by atoms with Gasteiger partial charge in [-0.3, -0.25) is 9.78 Å². The number of aromatic amines is 1. The van der Waals surface area contributed by atoms with E-state index in [-0.39, 0.29) is 5.91 Å². The molecular formula is C15H19N5O2. The second-order valence-corrected chi connectivity index (χ2v) is 5.26. The van der Waals surface area contributed by atoms with Gasteiger partial charge in [-0.25, -0.2) is 4.98 Å². The predicted molar refractivity (Wildman–Crippen MR) is 82.6 cm³/mol. The van der Waals surface area contributed by atoms with Crippen molar-refractivity contribution < 1.29 is 9.53 Å². The van der Waals surface area contributed by atoms with Crippen LogP contribution in [0.3, 0.4) is 0 Å². The van der Waals surface area contributed by atoms with E-state index >= 15 is 0 Å². The Morgan fingerprint density at radius 2 is 2.23 bits per heavy atom. The quantitative estimate of drug-likeness (QED) is 0.936. The molecule has 0 bridgehead atoms. The number of carbonyl (C=O) groups excluding carboxylic acids is 1. The number of rotatable bonds is 3. The van der Waals surface area contributed by atoms with Crippen LogP contribution in [0.25, 0.3) is 0 Å². The van der Waals surface area contributed by atoms with Gasteiger partial charge in [-0.05, 0) is 6.92 Å². The molecule has 7 heteroatoms. The zero-order valence-electron chi connectivity index (χ0n) is 13.2. The number of nitrogens with zero attached hydrogens (tertiary/aromatic N) is 4. The third-order valence-corrected chi connectivity index (χ3v) is 3.80. The minimum Gasteiger partial charge on any atom is -0.494 e.